The number of carbonyl (C=O) groups is 2. The second-order valence-electron chi connectivity index (χ2n) is 8.21. The Balaban J connectivity index is 1.61. The number of aromatic nitrogens is 1. The van der Waals surface area contributed by atoms with E-state index in [0.717, 1.165) is 12.1 Å². The maximum atomic E-state index is 13.9. The highest BCUT2D eigenvalue weighted by atomic mass is 32.2. The molecular weight excluding hydrogens is 498 g/mol. The van der Waals surface area contributed by atoms with Crippen LogP contribution in [0.15, 0.2) is 89.8 Å². The lowest BCUT2D eigenvalue weighted by atomic mass is 9.98. The van der Waals surface area contributed by atoms with Gasteiger partial charge in [-0.15, -0.1) is 0 Å². The summed E-state index contributed by atoms with van der Waals surface area (Å²) < 4.78 is 51.2. The number of ketones is 1. The number of nitrogens with zero attached hydrogens (tertiary/aromatic N) is 1. The summed E-state index contributed by atoms with van der Waals surface area (Å²) in [5.74, 6) is -1.88. The van der Waals surface area contributed by atoms with Crippen LogP contribution < -0.4 is 5.32 Å². The van der Waals surface area contributed by atoms with Gasteiger partial charge in [0.05, 0.1) is 17.1 Å². The van der Waals surface area contributed by atoms with Crippen molar-refractivity contribution in [2.75, 3.05) is 11.1 Å². The quantitative estimate of drug-likeness (QED) is 0.321. The number of nitrogens with one attached hydrogen (secondary N) is 1. The molecule has 0 saturated heterocycles. The molecule has 0 fully saturated rings. The van der Waals surface area contributed by atoms with E-state index in [1.54, 1.807) is 31.2 Å². The Labute approximate surface area is 212 Å². The molecule has 0 spiro atoms. The van der Waals surface area contributed by atoms with Gasteiger partial charge in [-0.2, -0.15) is 0 Å². The lowest BCUT2D eigenvalue weighted by molar-refractivity contribution is -0.115. The molecule has 0 bridgehead atoms. The summed E-state index contributed by atoms with van der Waals surface area (Å²) in [6.45, 7) is 1.55. The lowest BCUT2D eigenvalue weighted by Gasteiger charge is -2.12. The Morgan fingerprint density at radius 1 is 0.865 bits per heavy atom. The fourth-order valence-electron chi connectivity index (χ4n) is 3.68. The molecule has 37 heavy (non-hydrogen) atoms. The number of benzene rings is 3. The number of anilines is 1. The average molecular weight is 521 g/mol. The van der Waals surface area contributed by atoms with Crippen LogP contribution in [0.25, 0.3) is 11.1 Å². The third-order valence-corrected chi connectivity index (χ3v) is 7.40. The summed E-state index contributed by atoms with van der Waals surface area (Å²) in [5.41, 5.74) is 1.49. The Bertz CT molecular complexity index is 1570. The van der Waals surface area contributed by atoms with Crippen molar-refractivity contribution in [3.63, 3.8) is 0 Å². The monoisotopic (exact) mass is 520 g/mol. The van der Waals surface area contributed by atoms with E-state index < -0.39 is 33.2 Å². The number of rotatable bonds is 8. The SMILES string of the molecule is CCS(=O)(=O)c1ccc(CC(=O)Nc2ccc(-c3cccc(F)c3)c(C(=O)c3ccc(F)cc3)n2)cc1. The smallest absolute Gasteiger partial charge is 0.229 e. The molecule has 0 saturated carbocycles. The van der Waals surface area contributed by atoms with Crippen molar-refractivity contribution < 1.29 is 26.8 Å². The summed E-state index contributed by atoms with van der Waals surface area (Å²) in [5, 5.41) is 2.64. The van der Waals surface area contributed by atoms with Crippen LogP contribution in [0.4, 0.5) is 14.6 Å². The molecule has 0 aliphatic rings. The van der Waals surface area contributed by atoms with E-state index in [2.05, 4.69) is 10.3 Å². The first kappa shape index (κ1) is 25.8. The van der Waals surface area contributed by atoms with Crippen LogP contribution in [-0.2, 0) is 21.1 Å². The highest BCUT2D eigenvalue weighted by Crippen LogP contribution is 2.27. The number of halogens is 2. The number of hydrogen-bond acceptors (Lipinski definition) is 5. The zero-order valence-corrected chi connectivity index (χ0v) is 20.6. The summed E-state index contributed by atoms with van der Waals surface area (Å²) in [6.07, 6.45) is -0.0545. The van der Waals surface area contributed by atoms with Gasteiger partial charge in [0.25, 0.3) is 0 Å². The maximum absolute atomic E-state index is 13.9. The molecular formula is C28H22F2N2O4S. The normalized spacial score (nSPS) is 11.2. The predicted molar refractivity (Wildman–Crippen MR) is 136 cm³/mol. The van der Waals surface area contributed by atoms with E-state index in [-0.39, 0.29) is 34.1 Å². The van der Waals surface area contributed by atoms with Gasteiger partial charge in [0.2, 0.25) is 11.7 Å². The number of carbonyl (C=O) groups excluding carboxylic acids is 2. The first-order chi connectivity index (χ1) is 17.7. The zero-order chi connectivity index (χ0) is 26.6. The molecule has 1 N–H and O–H groups in total. The Morgan fingerprint density at radius 2 is 1.57 bits per heavy atom. The van der Waals surface area contributed by atoms with Crippen LogP contribution >= 0.6 is 0 Å². The minimum absolute atomic E-state index is 0.0247. The second-order valence-corrected chi connectivity index (χ2v) is 10.5. The fraction of sp³-hybridized carbons (Fsp3) is 0.107. The van der Waals surface area contributed by atoms with Crippen LogP contribution in [0.3, 0.4) is 0 Å². The molecule has 3 aromatic carbocycles. The van der Waals surface area contributed by atoms with Crippen LogP contribution in [-0.4, -0.2) is 30.8 Å². The maximum Gasteiger partial charge on any atom is 0.229 e. The third-order valence-electron chi connectivity index (χ3n) is 5.65. The van der Waals surface area contributed by atoms with Gasteiger partial charge in [-0.25, -0.2) is 22.2 Å². The number of hydrogen-bond donors (Lipinski definition) is 1. The molecule has 0 aliphatic carbocycles. The predicted octanol–water partition coefficient (Wildman–Crippen LogP) is 5.23. The van der Waals surface area contributed by atoms with Crippen molar-refractivity contribution in [2.45, 2.75) is 18.2 Å². The van der Waals surface area contributed by atoms with E-state index >= 15 is 0 Å². The highest BCUT2D eigenvalue weighted by molar-refractivity contribution is 7.91. The van der Waals surface area contributed by atoms with Crippen LogP contribution in [0.5, 0.6) is 0 Å². The molecule has 6 nitrogen and oxygen atoms in total. The molecule has 1 aromatic heterocycles. The zero-order valence-electron chi connectivity index (χ0n) is 19.7. The summed E-state index contributed by atoms with van der Waals surface area (Å²) >= 11 is 0. The molecule has 1 heterocycles. The lowest BCUT2D eigenvalue weighted by Crippen LogP contribution is -2.17. The fourth-order valence-corrected chi connectivity index (χ4v) is 4.57. The van der Waals surface area contributed by atoms with Crippen molar-refractivity contribution in [3.05, 3.63) is 113 Å². The molecule has 4 rings (SSSR count). The van der Waals surface area contributed by atoms with Crippen molar-refractivity contribution in [1.82, 2.24) is 4.98 Å². The first-order valence-electron chi connectivity index (χ1n) is 11.3. The van der Waals surface area contributed by atoms with Gasteiger partial charge in [-0.3, -0.25) is 9.59 Å². The molecule has 0 atom stereocenters. The minimum atomic E-state index is -3.35. The van der Waals surface area contributed by atoms with E-state index in [9.17, 15) is 26.8 Å². The highest BCUT2D eigenvalue weighted by Gasteiger charge is 2.19. The van der Waals surface area contributed by atoms with Gasteiger partial charge in [0, 0.05) is 11.1 Å². The Kier molecular flexibility index (Phi) is 7.54. The first-order valence-corrected chi connectivity index (χ1v) is 13.0. The number of pyridine rings is 1. The standard InChI is InChI=1S/C28H22F2N2O4S/c1-2-37(35,36)23-12-6-18(7-13-23)16-26(33)31-25-15-14-24(20-4-3-5-22(30)17-20)27(32-25)28(34)19-8-10-21(29)11-9-19/h3-15,17H,2,16H2,1H3,(H,31,32,33). The van der Waals surface area contributed by atoms with Gasteiger partial charge in [-0.05, 0) is 71.8 Å². The second kappa shape index (κ2) is 10.8. The Morgan fingerprint density at radius 3 is 2.22 bits per heavy atom. The minimum Gasteiger partial charge on any atom is -0.310 e. The third kappa shape index (κ3) is 6.13. The summed E-state index contributed by atoms with van der Waals surface area (Å²) in [6, 6.07) is 19.7. The van der Waals surface area contributed by atoms with E-state index in [1.807, 2.05) is 0 Å². The van der Waals surface area contributed by atoms with Gasteiger partial charge in [0.15, 0.2) is 9.84 Å². The van der Waals surface area contributed by atoms with Gasteiger partial charge in [0.1, 0.15) is 23.1 Å². The average Bonchev–Trinajstić information content (AvgIpc) is 2.89. The molecule has 188 valence electrons. The van der Waals surface area contributed by atoms with Crippen LogP contribution in [0.1, 0.15) is 28.5 Å². The van der Waals surface area contributed by atoms with Crippen LogP contribution in [0.2, 0.25) is 0 Å². The molecule has 1 amide bonds. The van der Waals surface area contributed by atoms with Crippen molar-refractivity contribution in [1.29, 1.82) is 0 Å². The van der Waals surface area contributed by atoms with Crippen molar-refractivity contribution >= 4 is 27.3 Å². The summed E-state index contributed by atoms with van der Waals surface area (Å²) in [7, 11) is -3.35. The Hall–Kier alpha value is -4.24. The van der Waals surface area contributed by atoms with Crippen molar-refractivity contribution in [3.8, 4) is 11.1 Å². The molecule has 0 aliphatic heterocycles. The molecule has 0 radical (unpaired) electrons. The summed E-state index contributed by atoms with van der Waals surface area (Å²) in [4.78, 5) is 30.4. The largest absolute Gasteiger partial charge is 0.310 e. The van der Waals surface area contributed by atoms with E-state index in [0.29, 0.717) is 16.7 Å². The number of amides is 1. The molecule has 4 aromatic rings. The molecule has 9 heteroatoms. The van der Waals surface area contributed by atoms with Crippen molar-refractivity contribution in [2.24, 2.45) is 0 Å². The van der Waals surface area contributed by atoms with E-state index in [4.69, 9.17) is 0 Å². The van der Waals surface area contributed by atoms with Gasteiger partial charge < -0.3 is 5.32 Å². The van der Waals surface area contributed by atoms with E-state index in [1.165, 1.54) is 48.5 Å². The van der Waals surface area contributed by atoms with Crippen LogP contribution in [0, 0.1) is 11.6 Å². The van der Waals surface area contributed by atoms with Gasteiger partial charge in [-0.1, -0.05) is 31.2 Å². The number of sulfone groups is 1. The molecule has 0 unspecified atom stereocenters. The van der Waals surface area contributed by atoms with Gasteiger partial charge >= 0.3 is 0 Å². The topological polar surface area (TPSA) is 93.2 Å².